The molecule has 0 aromatic heterocycles. The van der Waals surface area contributed by atoms with Gasteiger partial charge in [-0.05, 0) is 77.0 Å². The van der Waals surface area contributed by atoms with Gasteiger partial charge in [0, 0.05) is 12.8 Å². The molecule has 9 heteroatoms. The SMILES string of the molecule is CC/C=C\C/C=C\C/C=C\CCCCCCCC(=O)OC(COC(=O)CCCCCCCCCCCCCCCCC/C=C\C/C=C\CCCCCCC)COC(OCC[N+](C)(C)C)C(=O)[O-]. The van der Waals surface area contributed by atoms with Gasteiger partial charge in [-0.15, -0.1) is 0 Å². The number of hydrogen-bond acceptors (Lipinski definition) is 8. The molecule has 0 saturated carbocycles. The molecule has 67 heavy (non-hydrogen) atoms. The van der Waals surface area contributed by atoms with Crippen LogP contribution in [-0.2, 0) is 33.3 Å². The summed E-state index contributed by atoms with van der Waals surface area (Å²) in [6, 6.07) is 0. The van der Waals surface area contributed by atoms with Gasteiger partial charge in [0.2, 0.25) is 0 Å². The lowest BCUT2D eigenvalue weighted by Crippen LogP contribution is -2.44. The average Bonchev–Trinajstić information content (AvgIpc) is 3.29. The Morgan fingerprint density at radius 2 is 0.851 bits per heavy atom. The van der Waals surface area contributed by atoms with Gasteiger partial charge in [0.15, 0.2) is 12.4 Å². The van der Waals surface area contributed by atoms with Crippen LogP contribution in [0.2, 0.25) is 0 Å². The molecule has 0 spiro atoms. The van der Waals surface area contributed by atoms with Crippen LogP contribution in [0, 0.1) is 0 Å². The number of quaternary nitrogens is 1. The number of ether oxygens (including phenoxy) is 4. The monoisotopic (exact) mass is 942 g/mol. The van der Waals surface area contributed by atoms with E-state index in [0.717, 1.165) is 77.0 Å². The molecule has 0 aromatic carbocycles. The van der Waals surface area contributed by atoms with Gasteiger partial charge >= 0.3 is 11.9 Å². The number of likely N-dealkylation sites (N-methyl/N-ethyl adjacent to an activating group) is 1. The Kier molecular flexibility index (Phi) is 47.2. The predicted octanol–water partition coefficient (Wildman–Crippen LogP) is 14.3. The highest BCUT2D eigenvalue weighted by Gasteiger charge is 2.22. The third kappa shape index (κ3) is 50.7. The second-order valence-electron chi connectivity index (χ2n) is 19.5. The second kappa shape index (κ2) is 49.4. The standard InChI is InChI=1S/C58H103NO8/c1-6-8-10-12-14-16-18-20-22-23-24-25-26-27-28-29-30-31-32-33-35-36-38-40-42-44-46-48-55(60)65-52-54(53-66-58(57(62)63)64-51-50-59(3,4)5)67-56(61)49-47-45-43-41-39-37-34-21-19-17-15-13-11-9-7-2/h9,11,15,17-18,20-21,23-24,34,54,58H,6-8,10,12-14,16,19,22,25-33,35-53H2,1-5H3/b11-9-,17-15-,20-18-,24-23-,34-21-. The quantitative estimate of drug-likeness (QED) is 0.0195. The maximum Gasteiger partial charge on any atom is 0.306 e. The Bertz CT molecular complexity index is 1280. The summed E-state index contributed by atoms with van der Waals surface area (Å²) in [6.45, 7) is 4.61. The normalized spacial score (nSPS) is 13.3. The van der Waals surface area contributed by atoms with Gasteiger partial charge in [-0.1, -0.05) is 203 Å². The molecule has 9 nitrogen and oxygen atoms in total. The van der Waals surface area contributed by atoms with Crippen molar-refractivity contribution in [2.75, 3.05) is 47.5 Å². The molecule has 0 aliphatic heterocycles. The first-order valence-electron chi connectivity index (χ1n) is 27.4. The van der Waals surface area contributed by atoms with Gasteiger partial charge in [0.25, 0.3) is 0 Å². The molecule has 0 aromatic rings. The zero-order chi connectivity index (χ0) is 49.2. The summed E-state index contributed by atoms with van der Waals surface area (Å²) in [5.41, 5.74) is 0. The summed E-state index contributed by atoms with van der Waals surface area (Å²) in [6.07, 6.45) is 58.4. The van der Waals surface area contributed by atoms with Crippen molar-refractivity contribution in [1.29, 1.82) is 0 Å². The lowest BCUT2D eigenvalue weighted by Gasteiger charge is -2.26. The van der Waals surface area contributed by atoms with Crippen LogP contribution in [0.5, 0.6) is 0 Å². The molecule has 0 aliphatic carbocycles. The van der Waals surface area contributed by atoms with Gasteiger partial charge in [-0.2, -0.15) is 0 Å². The highest BCUT2D eigenvalue weighted by atomic mass is 16.7. The van der Waals surface area contributed by atoms with Crippen molar-refractivity contribution in [1.82, 2.24) is 0 Å². The van der Waals surface area contributed by atoms with E-state index >= 15 is 0 Å². The van der Waals surface area contributed by atoms with E-state index < -0.39 is 24.3 Å². The molecule has 0 saturated heterocycles. The molecule has 0 amide bonds. The molecular formula is C58H103NO8. The molecule has 0 bridgehead atoms. The van der Waals surface area contributed by atoms with Gasteiger partial charge in [-0.25, -0.2) is 0 Å². The van der Waals surface area contributed by atoms with Crippen LogP contribution in [0.25, 0.3) is 0 Å². The highest BCUT2D eigenvalue weighted by Crippen LogP contribution is 2.16. The van der Waals surface area contributed by atoms with E-state index in [1.54, 1.807) is 0 Å². The number of carbonyl (C=O) groups is 3. The van der Waals surface area contributed by atoms with Crippen molar-refractivity contribution < 1.29 is 42.9 Å². The van der Waals surface area contributed by atoms with Crippen molar-refractivity contribution in [3.63, 3.8) is 0 Å². The molecule has 388 valence electrons. The molecule has 0 fully saturated rings. The molecular weight excluding hydrogens is 839 g/mol. The maximum absolute atomic E-state index is 12.8. The van der Waals surface area contributed by atoms with Crippen LogP contribution >= 0.6 is 0 Å². The number of nitrogens with zero attached hydrogens (tertiary/aromatic N) is 1. The van der Waals surface area contributed by atoms with Crippen molar-refractivity contribution in [2.45, 2.75) is 245 Å². The number of esters is 2. The number of hydrogen-bond donors (Lipinski definition) is 0. The maximum atomic E-state index is 12.8. The van der Waals surface area contributed by atoms with E-state index in [0.29, 0.717) is 17.4 Å². The molecule has 2 atom stereocenters. The molecule has 0 heterocycles. The Hall–Kier alpha value is -3.01. The van der Waals surface area contributed by atoms with Gasteiger partial charge in [-0.3, -0.25) is 9.59 Å². The van der Waals surface area contributed by atoms with E-state index in [1.165, 1.54) is 122 Å². The lowest BCUT2D eigenvalue weighted by atomic mass is 10.0. The van der Waals surface area contributed by atoms with E-state index in [1.807, 2.05) is 21.1 Å². The average molecular weight is 942 g/mol. The molecule has 0 radical (unpaired) electrons. The number of rotatable bonds is 50. The minimum Gasteiger partial charge on any atom is -0.545 e. The summed E-state index contributed by atoms with van der Waals surface area (Å²) < 4.78 is 22.6. The summed E-state index contributed by atoms with van der Waals surface area (Å²) in [4.78, 5) is 37.2. The van der Waals surface area contributed by atoms with E-state index in [9.17, 15) is 19.5 Å². The fourth-order valence-corrected chi connectivity index (χ4v) is 7.52. The molecule has 2 unspecified atom stereocenters. The van der Waals surface area contributed by atoms with E-state index in [2.05, 4.69) is 74.6 Å². The Balaban J connectivity index is 4.21. The van der Waals surface area contributed by atoms with Crippen molar-refractivity contribution in [2.24, 2.45) is 0 Å². The zero-order valence-corrected chi connectivity index (χ0v) is 44.0. The second-order valence-corrected chi connectivity index (χ2v) is 19.5. The van der Waals surface area contributed by atoms with Crippen molar-refractivity contribution in [3.8, 4) is 0 Å². The van der Waals surface area contributed by atoms with Crippen LogP contribution in [0.15, 0.2) is 60.8 Å². The predicted molar refractivity (Wildman–Crippen MR) is 278 cm³/mol. The van der Waals surface area contributed by atoms with Crippen LogP contribution in [0.1, 0.15) is 232 Å². The Labute approximate surface area is 412 Å². The first kappa shape index (κ1) is 64.0. The van der Waals surface area contributed by atoms with Crippen molar-refractivity contribution >= 4 is 17.9 Å². The topological polar surface area (TPSA) is 111 Å². The van der Waals surface area contributed by atoms with Crippen LogP contribution in [-0.4, -0.2) is 82.3 Å². The minimum absolute atomic E-state index is 0.143. The van der Waals surface area contributed by atoms with E-state index in [-0.39, 0.29) is 38.6 Å². The fraction of sp³-hybridized carbons (Fsp3) is 0.776. The lowest BCUT2D eigenvalue weighted by molar-refractivity contribution is -0.870. The number of carboxylic acids is 1. The largest absolute Gasteiger partial charge is 0.545 e. The van der Waals surface area contributed by atoms with Crippen LogP contribution < -0.4 is 5.11 Å². The minimum atomic E-state index is -1.63. The number of unbranched alkanes of at least 4 members (excludes halogenated alkanes) is 25. The van der Waals surface area contributed by atoms with Crippen molar-refractivity contribution in [3.05, 3.63) is 60.8 Å². The molecule has 0 aliphatic rings. The Morgan fingerprint density at radius 1 is 0.463 bits per heavy atom. The third-order valence-corrected chi connectivity index (χ3v) is 11.7. The zero-order valence-electron chi connectivity index (χ0n) is 44.0. The number of carboxylic acid groups (broad SMARTS) is 1. The highest BCUT2D eigenvalue weighted by molar-refractivity contribution is 5.70. The third-order valence-electron chi connectivity index (χ3n) is 11.7. The number of aliphatic carboxylic acids is 1. The molecule has 0 N–H and O–H groups in total. The first-order valence-corrected chi connectivity index (χ1v) is 27.4. The number of carbonyl (C=O) groups excluding carboxylic acids is 3. The molecule has 0 rings (SSSR count). The van der Waals surface area contributed by atoms with Crippen LogP contribution in [0.3, 0.4) is 0 Å². The summed E-state index contributed by atoms with van der Waals surface area (Å²) in [7, 11) is 5.91. The smallest absolute Gasteiger partial charge is 0.306 e. The summed E-state index contributed by atoms with van der Waals surface area (Å²) >= 11 is 0. The fourth-order valence-electron chi connectivity index (χ4n) is 7.52. The van der Waals surface area contributed by atoms with E-state index in [4.69, 9.17) is 18.9 Å². The van der Waals surface area contributed by atoms with Gasteiger partial charge in [0.05, 0.1) is 40.3 Å². The van der Waals surface area contributed by atoms with Gasteiger partial charge < -0.3 is 33.3 Å². The Morgan fingerprint density at radius 3 is 1.27 bits per heavy atom. The first-order chi connectivity index (χ1) is 32.6. The number of allylic oxidation sites excluding steroid dienone is 10. The summed E-state index contributed by atoms with van der Waals surface area (Å²) in [5.74, 6) is -2.30. The van der Waals surface area contributed by atoms with Crippen LogP contribution in [0.4, 0.5) is 0 Å². The van der Waals surface area contributed by atoms with Gasteiger partial charge in [0.1, 0.15) is 13.2 Å². The summed E-state index contributed by atoms with van der Waals surface area (Å²) in [5, 5.41) is 11.7.